The van der Waals surface area contributed by atoms with E-state index in [9.17, 15) is 0 Å². The predicted octanol–water partition coefficient (Wildman–Crippen LogP) is 7.94. The van der Waals surface area contributed by atoms with E-state index < -0.39 is 14.4 Å². The average Bonchev–Trinajstić information content (AvgIpc) is 3.11. The molecule has 0 amide bonds. The van der Waals surface area contributed by atoms with Gasteiger partial charge in [-0.25, -0.2) is 0 Å². The van der Waals surface area contributed by atoms with E-state index in [1.165, 1.54) is 10.4 Å². The lowest BCUT2D eigenvalue weighted by molar-refractivity contribution is -0.000719. The van der Waals surface area contributed by atoms with Crippen LogP contribution in [0.25, 0.3) is 0 Å². The quantitative estimate of drug-likeness (QED) is 0.0623. The molecule has 0 N–H and O–H groups in total. The molecular weight excluding hydrogens is 599 g/mol. The summed E-state index contributed by atoms with van der Waals surface area (Å²) in [7, 11) is -2.86. The monoisotopic (exact) mass is 643 g/mol. The van der Waals surface area contributed by atoms with E-state index in [4.69, 9.17) is 23.9 Å². The summed E-state index contributed by atoms with van der Waals surface area (Å²) in [6.45, 7) is 8.52. The highest BCUT2D eigenvalue weighted by atomic mass is 28.4. The van der Waals surface area contributed by atoms with Crippen LogP contribution in [0, 0.1) is 0 Å². The number of ether oxygens (including phenoxy) is 2. The van der Waals surface area contributed by atoms with Crippen LogP contribution in [0.2, 0.25) is 5.04 Å². The summed E-state index contributed by atoms with van der Waals surface area (Å²) in [4.78, 5) is 6.03. The summed E-state index contributed by atoms with van der Waals surface area (Å²) in [6, 6.07) is 51.6. The Morgan fingerprint density at radius 2 is 1.00 bits per heavy atom. The third-order valence-corrected chi connectivity index (χ3v) is 13.1. The second-order valence-electron chi connectivity index (χ2n) is 12.6. The summed E-state index contributed by atoms with van der Waals surface area (Å²) >= 11 is 0. The van der Waals surface area contributed by atoms with Gasteiger partial charge in [0.15, 0.2) is 0 Å². The van der Waals surface area contributed by atoms with Crippen LogP contribution in [0.15, 0.2) is 157 Å². The zero-order chi connectivity index (χ0) is 32.8. The van der Waals surface area contributed by atoms with Gasteiger partial charge in [-0.1, -0.05) is 178 Å². The van der Waals surface area contributed by atoms with Crippen LogP contribution in [-0.4, -0.2) is 33.3 Å². The standard InChI is InChI=1S/C41H45NO4Si/c1-41(2,3)47(37-25-15-7-16-26-37,38-27-17-8-18-28-38)46-32-39(42-45-31-36-23-13-6-14-24-36)40(44-30-35-21-11-5-12-22-35)33-43-29-34-19-9-4-10-20-34/h4-28,40H,29-33H2,1-3H3/b42-39-/t40-/m0/s1. The second kappa shape index (κ2) is 17.0. The zero-order valence-corrected chi connectivity index (χ0v) is 28.6. The maximum atomic E-state index is 7.32. The third-order valence-electron chi connectivity index (χ3n) is 8.16. The van der Waals surface area contributed by atoms with Gasteiger partial charge in [0.25, 0.3) is 8.32 Å². The average molecular weight is 644 g/mol. The number of hydrogen-bond donors (Lipinski definition) is 0. The molecule has 5 aromatic rings. The molecule has 0 radical (unpaired) electrons. The highest BCUT2D eigenvalue weighted by Crippen LogP contribution is 2.36. The molecule has 242 valence electrons. The van der Waals surface area contributed by atoms with Crippen molar-refractivity contribution in [3.8, 4) is 0 Å². The van der Waals surface area contributed by atoms with Crippen molar-refractivity contribution in [3.05, 3.63) is 168 Å². The van der Waals surface area contributed by atoms with Crippen molar-refractivity contribution in [2.45, 2.75) is 51.7 Å². The number of benzene rings is 5. The van der Waals surface area contributed by atoms with Crippen molar-refractivity contribution in [2.75, 3.05) is 13.2 Å². The molecule has 0 aromatic heterocycles. The highest BCUT2D eigenvalue weighted by molar-refractivity contribution is 6.99. The van der Waals surface area contributed by atoms with Gasteiger partial charge in [-0.2, -0.15) is 0 Å². The molecule has 0 saturated heterocycles. The van der Waals surface area contributed by atoms with Gasteiger partial charge in [0.2, 0.25) is 0 Å². The molecular formula is C41H45NO4Si. The van der Waals surface area contributed by atoms with E-state index in [0.29, 0.717) is 32.1 Å². The molecule has 0 fully saturated rings. The summed E-state index contributed by atoms with van der Waals surface area (Å²) in [6.07, 6.45) is -0.507. The van der Waals surface area contributed by atoms with Crippen LogP contribution in [0.4, 0.5) is 0 Å². The molecule has 5 nitrogen and oxygen atoms in total. The maximum absolute atomic E-state index is 7.32. The fourth-order valence-corrected chi connectivity index (χ4v) is 10.3. The lowest BCUT2D eigenvalue weighted by atomic mass is 10.2. The Morgan fingerprint density at radius 1 is 0.574 bits per heavy atom. The Morgan fingerprint density at radius 3 is 1.47 bits per heavy atom. The molecule has 0 aliphatic rings. The normalized spacial score (nSPS) is 12.9. The van der Waals surface area contributed by atoms with Crippen LogP contribution in [0.3, 0.4) is 0 Å². The maximum Gasteiger partial charge on any atom is 0.261 e. The number of nitrogens with zero attached hydrogens (tertiary/aromatic N) is 1. The van der Waals surface area contributed by atoms with Gasteiger partial charge in [0.05, 0.1) is 26.4 Å². The Balaban J connectivity index is 1.49. The van der Waals surface area contributed by atoms with Crippen LogP contribution >= 0.6 is 0 Å². The third kappa shape index (κ3) is 9.37. The first-order valence-electron chi connectivity index (χ1n) is 16.2. The molecule has 0 heterocycles. The van der Waals surface area contributed by atoms with Crippen LogP contribution in [0.5, 0.6) is 0 Å². The fraction of sp³-hybridized carbons (Fsp3) is 0.244. The van der Waals surface area contributed by atoms with Gasteiger partial charge in [-0.15, -0.1) is 0 Å². The molecule has 0 aliphatic heterocycles. The van der Waals surface area contributed by atoms with Gasteiger partial charge in [-0.05, 0) is 32.1 Å². The van der Waals surface area contributed by atoms with Gasteiger partial charge < -0.3 is 18.7 Å². The van der Waals surface area contributed by atoms with Gasteiger partial charge in [-0.3, -0.25) is 0 Å². The van der Waals surface area contributed by atoms with Crippen LogP contribution in [-0.2, 0) is 38.6 Å². The lowest BCUT2D eigenvalue weighted by Gasteiger charge is -2.43. The predicted molar refractivity (Wildman–Crippen MR) is 193 cm³/mol. The smallest absolute Gasteiger partial charge is 0.261 e. The number of hydrogen-bond acceptors (Lipinski definition) is 5. The number of oxime groups is 1. The molecule has 5 aromatic carbocycles. The van der Waals surface area contributed by atoms with E-state index in [2.05, 4.69) is 106 Å². The van der Waals surface area contributed by atoms with Crippen molar-refractivity contribution in [3.63, 3.8) is 0 Å². The topological polar surface area (TPSA) is 49.3 Å². The number of rotatable bonds is 16. The Labute approximate surface area is 280 Å². The highest BCUT2D eigenvalue weighted by Gasteiger charge is 2.50. The van der Waals surface area contributed by atoms with Crippen molar-refractivity contribution in [1.29, 1.82) is 0 Å². The van der Waals surface area contributed by atoms with Crippen LogP contribution in [0.1, 0.15) is 37.5 Å². The molecule has 5 rings (SSSR count). The van der Waals surface area contributed by atoms with Crippen molar-refractivity contribution < 1.29 is 18.7 Å². The molecule has 0 bridgehead atoms. The lowest BCUT2D eigenvalue weighted by Crippen LogP contribution is -2.67. The molecule has 0 aliphatic carbocycles. The first-order chi connectivity index (χ1) is 23.0. The van der Waals surface area contributed by atoms with E-state index in [0.717, 1.165) is 16.7 Å². The van der Waals surface area contributed by atoms with E-state index in [-0.39, 0.29) is 11.6 Å². The van der Waals surface area contributed by atoms with Crippen molar-refractivity contribution >= 4 is 24.4 Å². The molecule has 0 spiro atoms. The summed E-state index contributed by atoms with van der Waals surface area (Å²) in [5.74, 6) is 0. The van der Waals surface area contributed by atoms with Gasteiger partial charge in [0.1, 0.15) is 18.4 Å². The van der Waals surface area contributed by atoms with Crippen LogP contribution < -0.4 is 10.4 Å². The zero-order valence-electron chi connectivity index (χ0n) is 27.6. The summed E-state index contributed by atoms with van der Waals surface area (Å²) in [5, 5.41) is 6.94. The Kier molecular flexibility index (Phi) is 12.3. The minimum atomic E-state index is -2.86. The molecule has 6 heteroatoms. The van der Waals surface area contributed by atoms with E-state index in [1.807, 2.05) is 66.7 Å². The summed E-state index contributed by atoms with van der Waals surface area (Å²) in [5.41, 5.74) is 3.85. The van der Waals surface area contributed by atoms with E-state index in [1.54, 1.807) is 0 Å². The Bertz CT molecular complexity index is 1590. The molecule has 47 heavy (non-hydrogen) atoms. The van der Waals surface area contributed by atoms with Gasteiger partial charge in [0, 0.05) is 0 Å². The van der Waals surface area contributed by atoms with E-state index >= 15 is 0 Å². The largest absolute Gasteiger partial charge is 0.402 e. The van der Waals surface area contributed by atoms with Crippen molar-refractivity contribution in [1.82, 2.24) is 0 Å². The molecule has 1 atom stereocenters. The SMILES string of the molecule is CC(C)(C)[Si](OC/C(=N/OCc1ccccc1)[C@H](COCc1ccccc1)OCc1ccccc1)(c1ccccc1)c1ccccc1. The molecule has 0 saturated carbocycles. The first kappa shape index (κ1) is 34.0. The molecule has 0 unspecified atom stereocenters. The second-order valence-corrected chi connectivity index (χ2v) is 16.9. The Hall–Kier alpha value is -4.33. The fourth-order valence-electron chi connectivity index (χ4n) is 5.76. The minimum absolute atomic E-state index is 0.198. The van der Waals surface area contributed by atoms with Crippen molar-refractivity contribution in [2.24, 2.45) is 5.16 Å². The summed E-state index contributed by atoms with van der Waals surface area (Å²) < 4.78 is 20.2. The van der Waals surface area contributed by atoms with Gasteiger partial charge >= 0.3 is 0 Å². The minimum Gasteiger partial charge on any atom is -0.402 e. The first-order valence-corrected chi connectivity index (χ1v) is 18.1.